The van der Waals surface area contributed by atoms with Crippen LogP contribution in [0.2, 0.25) is 0 Å². The van der Waals surface area contributed by atoms with Gasteiger partial charge in [0.25, 0.3) is 0 Å². The maximum atomic E-state index is 5.86. The Morgan fingerprint density at radius 1 is 1.47 bits per heavy atom. The van der Waals surface area contributed by atoms with Gasteiger partial charge in [-0.1, -0.05) is 12.1 Å². The van der Waals surface area contributed by atoms with E-state index in [0.717, 1.165) is 5.52 Å². The molecule has 1 unspecified atom stereocenters. The van der Waals surface area contributed by atoms with Crippen molar-refractivity contribution in [1.82, 2.24) is 4.37 Å². The third-order valence-electron chi connectivity index (χ3n) is 2.57. The van der Waals surface area contributed by atoms with Gasteiger partial charge in [0.2, 0.25) is 0 Å². The predicted octanol–water partition coefficient (Wildman–Crippen LogP) is 3.36. The molecule has 0 amide bonds. The second kappa shape index (κ2) is 4.37. The summed E-state index contributed by atoms with van der Waals surface area (Å²) in [7, 11) is 2.06. The van der Waals surface area contributed by atoms with Gasteiger partial charge in [0, 0.05) is 24.4 Å². The van der Waals surface area contributed by atoms with Crippen LogP contribution in [0.5, 0.6) is 0 Å². The Morgan fingerprint density at radius 3 is 2.93 bits per heavy atom. The lowest BCUT2D eigenvalue weighted by Gasteiger charge is -2.23. The van der Waals surface area contributed by atoms with Crippen molar-refractivity contribution < 1.29 is 0 Å². The molecular formula is C11H13ClN2S. The topological polar surface area (TPSA) is 16.1 Å². The van der Waals surface area contributed by atoms with Crippen LogP contribution in [0.25, 0.3) is 10.9 Å². The summed E-state index contributed by atoms with van der Waals surface area (Å²) in [5, 5.41) is 2.40. The van der Waals surface area contributed by atoms with Gasteiger partial charge in [0.15, 0.2) is 0 Å². The molecule has 1 heterocycles. The van der Waals surface area contributed by atoms with E-state index < -0.39 is 0 Å². The van der Waals surface area contributed by atoms with Crippen LogP contribution in [0.1, 0.15) is 6.92 Å². The van der Waals surface area contributed by atoms with Gasteiger partial charge < -0.3 is 4.90 Å². The molecule has 15 heavy (non-hydrogen) atoms. The number of halogens is 1. The summed E-state index contributed by atoms with van der Waals surface area (Å²) in [6.07, 6.45) is 0. The highest BCUT2D eigenvalue weighted by Gasteiger charge is 2.14. The standard InChI is InChI=1S/C11H13ClN2S/c1-8(7-12)14(2)11-9-5-3-4-6-10(9)13-15-11/h3-6,8H,7H2,1-2H3. The minimum Gasteiger partial charge on any atom is -0.361 e. The van der Waals surface area contributed by atoms with E-state index >= 15 is 0 Å². The summed E-state index contributed by atoms with van der Waals surface area (Å²) in [6, 6.07) is 8.52. The summed E-state index contributed by atoms with van der Waals surface area (Å²) in [5.74, 6) is 0.628. The van der Waals surface area contributed by atoms with E-state index in [1.54, 1.807) is 0 Å². The molecule has 0 aliphatic heterocycles. The summed E-state index contributed by atoms with van der Waals surface area (Å²) in [6.45, 7) is 2.11. The van der Waals surface area contributed by atoms with Crippen LogP contribution in [0, 0.1) is 0 Å². The van der Waals surface area contributed by atoms with E-state index in [1.165, 1.54) is 21.9 Å². The van der Waals surface area contributed by atoms with E-state index in [4.69, 9.17) is 11.6 Å². The van der Waals surface area contributed by atoms with Crippen molar-refractivity contribution in [3.8, 4) is 0 Å². The van der Waals surface area contributed by atoms with Crippen molar-refractivity contribution in [2.45, 2.75) is 13.0 Å². The molecule has 2 aromatic rings. The maximum absolute atomic E-state index is 5.86. The highest BCUT2D eigenvalue weighted by molar-refractivity contribution is 7.11. The zero-order chi connectivity index (χ0) is 10.8. The number of hydrogen-bond acceptors (Lipinski definition) is 3. The molecule has 0 saturated heterocycles. The first-order valence-electron chi connectivity index (χ1n) is 4.87. The quantitative estimate of drug-likeness (QED) is 0.765. The molecular weight excluding hydrogens is 228 g/mol. The van der Waals surface area contributed by atoms with Crippen LogP contribution in [-0.4, -0.2) is 23.3 Å². The number of nitrogens with zero attached hydrogens (tertiary/aromatic N) is 2. The molecule has 0 N–H and O–H groups in total. The largest absolute Gasteiger partial charge is 0.361 e. The van der Waals surface area contributed by atoms with Crippen molar-refractivity contribution in [2.24, 2.45) is 0 Å². The Kier molecular flexibility index (Phi) is 3.12. The van der Waals surface area contributed by atoms with Crippen LogP contribution in [0.3, 0.4) is 0 Å². The van der Waals surface area contributed by atoms with E-state index in [2.05, 4.69) is 29.3 Å². The summed E-state index contributed by atoms with van der Waals surface area (Å²) < 4.78 is 4.41. The first kappa shape index (κ1) is 10.7. The molecule has 0 aliphatic rings. The second-order valence-corrected chi connectivity index (χ2v) is 4.68. The van der Waals surface area contributed by atoms with Crippen molar-refractivity contribution in [1.29, 1.82) is 0 Å². The average Bonchev–Trinajstić information content (AvgIpc) is 2.70. The number of aromatic nitrogens is 1. The number of hydrogen-bond donors (Lipinski definition) is 0. The molecule has 80 valence electrons. The normalized spacial score (nSPS) is 13.0. The summed E-state index contributed by atoms with van der Waals surface area (Å²) in [5.41, 5.74) is 1.06. The molecule has 0 aliphatic carbocycles. The van der Waals surface area contributed by atoms with Gasteiger partial charge >= 0.3 is 0 Å². The zero-order valence-electron chi connectivity index (χ0n) is 8.77. The van der Waals surface area contributed by atoms with Crippen LogP contribution in [0.4, 0.5) is 5.00 Å². The SMILES string of the molecule is CC(CCl)N(C)c1snc2ccccc12. The lowest BCUT2D eigenvalue weighted by molar-refractivity contribution is 0.769. The maximum Gasteiger partial charge on any atom is 0.119 e. The number of benzene rings is 1. The number of fused-ring (bicyclic) bond motifs is 1. The van der Waals surface area contributed by atoms with Gasteiger partial charge in [0.05, 0.1) is 5.52 Å². The number of alkyl halides is 1. The Morgan fingerprint density at radius 2 is 2.20 bits per heavy atom. The Hall–Kier alpha value is -0.800. The molecule has 2 nitrogen and oxygen atoms in total. The summed E-state index contributed by atoms with van der Waals surface area (Å²) >= 11 is 7.39. The van der Waals surface area contributed by atoms with Gasteiger partial charge in [0.1, 0.15) is 5.00 Å². The summed E-state index contributed by atoms with van der Waals surface area (Å²) in [4.78, 5) is 2.19. The van der Waals surface area contributed by atoms with E-state index in [-0.39, 0.29) is 0 Å². The van der Waals surface area contributed by atoms with Crippen LogP contribution < -0.4 is 4.90 Å². The van der Waals surface area contributed by atoms with E-state index in [9.17, 15) is 0 Å². The molecule has 1 aromatic carbocycles. The third kappa shape index (κ3) is 1.94. The minimum absolute atomic E-state index is 0.329. The first-order chi connectivity index (χ1) is 7.24. The molecule has 4 heteroatoms. The fraction of sp³-hybridized carbons (Fsp3) is 0.364. The minimum atomic E-state index is 0.329. The Labute approximate surface area is 98.6 Å². The fourth-order valence-electron chi connectivity index (χ4n) is 1.43. The monoisotopic (exact) mass is 240 g/mol. The third-order valence-corrected chi connectivity index (χ3v) is 3.99. The zero-order valence-corrected chi connectivity index (χ0v) is 10.3. The molecule has 0 fully saturated rings. The molecule has 1 atom stereocenters. The molecule has 0 spiro atoms. The lowest BCUT2D eigenvalue weighted by atomic mass is 10.2. The van der Waals surface area contributed by atoms with Gasteiger partial charge in [-0.3, -0.25) is 0 Å². The van der Waals surface area contributed by atoms with Crippen LogP contribution in [0.15, 0.2) is 24.3 Å². The smallest absolute Gasteiger partial charge is 0.119 e. The Balaban J connectivity index is 2.43. The first-order valence-corrected chi connectivity index (χ1v) is 6.18. The van der Waals surface area contributed by atoms with Gasteiger partial charge in [-0.25, -0.2) is 0 Å². The highest BCUT2D eigenvalue weighted by Crippen LogP contribution is 2.31. The lowest BCUT2D eigenvalue weighted by Crippen LogP contribution is -2.29. The van der Waals surface area contributed by atoms with Gasteiger partial charge in [-0.05, 0) is 30.6 Å². The molecule has 2 rings (SSSR count). The molecule has 0 bridgehead atoms. The highest BCUT2D eigenvalue weighted by atomic mass is 35.5. The average molecular weight is 241 g/mol. The van der Waals surface area contributed by atoms with Gasteiger partial charge in [-0.15, -0.1) is 11.6 Å². The van der Waals surface area contributed by atoms with E-state index in [0.29, 0.717) is 11.9 Å². The fourth-order valence-corrected chi connectivity index (χ4v) is 2.56. The van der Waals surface area contributed by atoms with Crippen LogP contribution in [-0.2, 0) is 0 Å². The van der Waals surface area contributed by atoms with Crippen LogP contribution >= 0.6 is 23.1 Å². The molecule has 0 saturated carbocycles. The molecule has 0 radical (unpaired) electrons. The predicted molar refractivity (Wildman–Crippen MR) is 68.2 cm³/mol. The van der Waals surface area contributed by atoms with Crippen molar-refractivity contribution in [3.63, 3.8) is 0 Å². The van der Waals surface area contributed by atoms with Crippen molar-refractivity contribution in [2.75, 3.05) is 17.8 Å². The second-order valence-electron chi connectivity index (χ2n) is 3.62. The van der Waals surface area contributed by atoms with Crippen molar-refractivity contribution >= 4 is 39.0 Å². The number of anilines is 1. The molecule has 1 aromatic heterocycles. The number of rotatable bonds is 3. The van der Waals surface area contributed by atoms with Crippen molar-refractivity contribution in [3.05, 3.63) is 24.3 Å². The van der Waals surface area contributed by atoms with Gasteiger partial charge in [-0.2, -0.15) is 4.37 Å². The van der Waals surface area contributed by atoms with E-state index in [1.807, 2.05) is 18.2 Å². The Bertz CT molecular complexity index is 455.